The number of benzene rings is 1. The second-order valence-corrected chi connectivity index (χ2v) is 19.6. The molecular weight excluding hydrogens is 1020 g/mol. The van der Waals surface area contributed by atoms with Gasteiger partial charge in [0.15, 0.2) is 5.65 Å². The van der Waals surface area contributed by atoms with Crippen molar-refractivity contribution in [1.82, 2.24) is 49.4 Å². The van der Waals surface area contributed by atoms with Crippen LogP contribution in [0.1, 0.15) is 48.2 Å². The molecule has 0 bridgehead atoms. The number of imidazole rings is 2. The lowest BCUT2D eigenvalue weighted by molar-refractivity contribution is -0.385. The second kappa shape index (κ2) is 27.2. The SMILES string of the molecule is CC(O)CNc1nc(N)[nH]c(=O)c1[N+](=O)[O-].CCOC(=O)c1cc[nH]c1CC(=O)NN.CSc1nc(N)nc2c1ncn2C1CC(CO)C(O)C1O.Cn1c(CCN=C(N)CSS(=O)(=O)O)nc2ccccc21. The number of nitrogens with one attached hydrogen (secondary N) is 4. The first-order valence-corrected chi connectivity index (χ1v) is 25.8. The molecule has 5 unspecified atom stereocenters. The fourth-order valence-corrected chi connectivity index (χ4v) is 8.62. The van der Waals surface area contributed by atoms with E-state index in [9.17, 15) is 48.2 Å². The number of carbonyl (C=O) groups is 2. The van der Waals surface area contributed by atoms with Crippen molar-refractivity contribution in [3.05, 3.63) is 80.4 Å². The number of aromatic amines is 2. The van der Waals surface area contributed by atoms with E-state index in [1.807, 2.05) is 52.5 Å². The number of fused-ring (bicyclic) bond motifs is 2. The lowest BCUT2D eigenvalue weighted by Crippen LogP contribution is -2.31. The van der Waals surface area contributed by atoms with Gasteiger partial charge in [-0.05, 0) is 44.7 Å². The third-order valence-corrected chi connectivity index (χ3v) is 13.0. The molecule has 5 aromatic heterocycles. The highest BCUT2D eigenvalue weighted by molar-refractivity contribution is 8.70. The number of aliphatic hydroxyl groups is 4. The van der Waals surface area contributed by atoms with Gasteiger partial charge >= 0.3 is 26.4 Å². The Kier molecular flexibility index (Phi) is 21.8. The molecule has 0 radical (unpaired) electrons. The van der Waals surface area contributed by atoms with Crippen molar-refractivity contribution in [1.29, 1.82) is 0 Å². The van der Waals surface area contributed by atoms with E-state index in [1.54, 1.807) is 30.1 Å². The fraction of sp³-hybridized carbons (Fsp3) is 0.425. The van der Waals surface area contributed by atoms with Crippen molar-refractivity contribution in [3.63, 3.8) is 0 Å². The maximum absolute atomic E-state index is 11.4. The minimum Gasteiger partial charge on any atom is -0.462 e. The second-order valence-electron chi connectivity index (χ2n) is 15.5. The highest BCUT2D eigenvalue weighted by atomic mass is 33.1. The molecule has 0 aliphatic heterocycles. The Morgan fingerprint density at radius 2 is 1.85 bits per heavy atom. The Balaban J connectivity index is 0.000000214. The van der Waals surface area contributed by atoms with Gasteiger partial charge in [-0.1, -0.05) is 12.1 Å². The molecule has 1 fully saturated rings. The molecule has 1 saturated carbocycles. The average molecular weight is 1080 g/mol. The number of hydrogen-bond acceptors (Lipinski definition) is 24. The maximum Gasteiger partial charge on any atom is 0.375 e. The van der Waals surface area contributed by atoms with Gasteiger partial charge in [0.1, 0.15) is 28.3 Å². The van der Waals surface area contributed by atoms with Gasteiger partial charge in [-0.25, -0.2) is 25.6 Å². The highest BCUT2D eigenvalue weighted by Gasteiger charge is 2.42. The maximum atomic E-state index is 11.4. The first-order valence-electron chi connectivity index (χ1n) is 21.6. The number of aliphatic imine (C=N–C) groups is 1. The Labute approximate surface area is 423 Å². The van der Waals surface area contributed by atoms with Crippen molar-refractivity contribution in [3.8, 4) is 0 Å². The molecule has 17 N–H and O–H groups in total. The number of nitrogens with two attached hydrogens (primary N) is 4. The van der Waals surface area contributed by atoms with Crippen LogP contribution in [0.3, 0.4) is 0 Å². The number of aliphatic hydroxyl groups excluding tert-OH is 4. The van der Waals surface area contributed by atoms with Crippen LogP contribution in [0.5, 0.6) is 0 Å². The smallest absolute Gasteiger partial charge is 0.375 e. The lowest BCUT2D eigenvalue weighted by Gasteiger charge is -2.18. The van der Waals surface area contributed by atoms with Gasteiger partial charge in [0, 0.05) is 61.8 Å². The van der Waals surface area contributed by atoms with E-state index in [0.29, 0.717) is 64.2 Å². The first kappa shape index (κ1) is 58.6. The number of hydrogen-bond donors (Lipinski definition) is 13. The molecule has 5 heterocycles. The average Bonchev–Trinajstić information content (AvgIpc) is 4.12. The van der Waals surface area contributed by atoms with Crippen molar-refractivity contribution in [2.24, 2.45) is 29.5 Å². The Morgan fingerprint density at radius 3 is 2.45 bits per heavy atom. The van der Waals surface area contributed by atoms with Crippen molar-refractivity contribution in [2.45, 2.75) is 62.5 Å². The zero-order valence-electron chi connectivity index (χ0n) is 39.6. The number of ether oxygens (including phenoxy) is 1. The number of nitro groups is 1. The normalized spacial score (nSPS) is 16.8. The van der Waals surface area contributed by atoms with Crippen LogP contribution in [0.2, 0.25) is 0 Å². The summed E-state index contributed by atoms with van der Waals surface area (Å²) in [7, 11) is -1.80. The Morgan fingerprint density at radius 1 is 1.14 bits per heavy atom. The van der Waals surface area contributed by atoms with Crippen LogP contribution in [-0.2, 0) is 38.6 Å². The number of H-pyrrole nitrogens is 2. The summed E-state index contributed by atoms with van der Waals surface area (Å²) >= 11 is 1.42. The first-order chi connectivity index (χ1) is 34.5. The van der Waals surface area contributed by atoms with E-state index in [2.05, 4.69) is 40.2 Å². The molecule has 30 nitrogen and oxygen atoms in total. The minimum atomic E-state index is -4.08. The predicted molar refractivity (Wildman–Crippen MR) is 272 cm³/mol. The van der Waals surface area contributed by atoms with E-state index < -0.39 is 55.6 Å². The number of aromatic nitrogens is 9. The van der Waals surface area contributed by atoms with Gasteiger partial charge in [0.2, 0.25) is 23.6 Å². The van der Waals surface area contributed by atoms with Crippen LogP contribution in [-0.4, -0.2) is 157 Å². The molecule has 1 aromatic carbocycles. The van der Waals surface area contributed by atoms with Gasteiger partial charge in [0.05, 0.1) is 64.9 Å². The molecule has 73 heavy (non-hydrogen) atoms. The Bertz CT molecular complexity index is 3040. The van der Waals surface area contributed by atoms with Crippen molar-refractivity contribution >= 4 is 95.0 Å². The molecule has 5 atom stereocenters. The van der Waals surface area contributed by atoms with Gasteiger partial charge < -0.3 is 61.8 Å². The summed E-state index contributed by atoms with van der Waals surface area (Å²) in [5.74, 6) is 4.42. The molecule has 1 aliphatic carbocycles. The number of amides is 1. The van der Waals surface area contributed by atoms with E-state index in [4.69, 9.17) is 37.4 Å². The predicted octanol–water partition coefficient (Wildman–Crippen LogP) is -0.809. The number of carbonyl (C=O) groups excluding carboxylic acids is 2. The largest absolute Gasteiger partial charge is 0.462 e. The number of hydrazine groups is 1. The van der Waals surface area contributed by atoms with E-state index >= 15 is 0 Å². The summed E-state index contributed by atoms with van der Waals surface area (Å²) in [5, 5.41) is 52.2. The molecule has 0 spiro atoms. The number of para-hydroxylation sites is 2. The number of nitrogen functional groups attached to an aromatic ring is 2. The number of anilines is 3. The summed E-state index contributed by atoms with van der Waals surface area (Å²) in [5.41, 5.74) is 20.8. The standard InChI is InChI=1S/C12H17N5O3S.C12H16N4O3S2.C9H13N3O3.C7H11N5O4/c1-21-11-7-10(15-12(13)16-11)17(4-14-7)6-2-5(3-18)8(19)9(6)20;1-16-10-5-3-2-4-9(10)15-12(16)6-7-14-11(13)8-20-21(17,18)19;1-2-15-9(14)6-3-4-11-7(6)5-8(13)12-10;1-3(13)2-9-5-4(12(15)16)6(14)11-7(8)10-5/h4-6,8-9,18-20H,2-3H2,1H3,(H2,13,15,16);2-5H,6-8H2,1H3,(H2,13,14)(H,17,18,19);3-4,11H,2,5,10H2,1H3,(H,12,13);3,13H,2H2,1H3,(H4,8,9,10,11,14). The third-order valence-electron chi connectivity index (χ3n) is 10.3. The van der Waals surface area contributed by atoms with Crippen LogP contribution < -0.4 is 39.3 Å². The zero-order chi connectivity index (χ0) is 54.2. The number of nitrogens with zero attached hydrogens (tertiary/aromatic N) is 9. The minimum absolute atomic E-state index is 0.0245. The summed E-state index contributed by atoms with van der Waals surface area (Å²) in [4.78, 5) is 73.0. The summed E-state index contributed by atoms with van der Waals surface area (Å²) in [6.45, 7) is 3.76. The highest BCUT2D eigenvalue weighted by Crippen LogP contribution is 2.37. The number of aryl methyl sites for hydroxylation is 1. The van der Waals surface area contributed by atoms with E-state index in [-0.39, 0.29) is 60.7 Å². The zero-order valence-corrected chi connectivity index (χ0v) is 42.1. The lowest BCUT2D eigenvalue weighted by atomic mass is 10.1. The van der Waals surface area contributed by atoms with E-state index in [1.165, 1.54) is 18.7 Å². The molecule has 7 rings (SSSR count). The van der Waals surface area contributed by atoms with Gasteiger partial charge in [-0.15, -0.1) is 11.8 Å². The summed E-state index contributed by atoms with van der Waals surface area (Å²) < 4.78 is 38.3. The van der Waals surface area contributed by atoms with Gasteiger partial charge in [-0.2, -0.15) is 18.4 Å². The van der Waals surface area contributed by atoms with Crippen LogP contribution in [0, 0.1) is 16.0 Å². The van der Waals surface area contributed by atoms with Crippen LogP contribution in [0.25, 0.3) is 22.2 Å². The molecule has 0 saturated heterocycles. The van der Waals surface area contributed by atoms with Gasteiger partial charge in [0.25, 0.3) is 0 Å². The molecule has 398 valence electrons. The monoisotopic (exact) mass is 1080 g/mol. The van der Waals surface area contributed by atoms with Gasteiger partial charge in [-0.3, -0.25) is 39.7 Å². The quantitative estimate of drug-likeness (QED) is 0.00454. The molecule has 6 aromatic rings. The van der Waals surface area contributed by atoms with E-state index in [0.717, 1.165) is 16.9 Å². The Hall–Kier alpha value is -6.98. The van der Waals surface area contributed by atoms with Crippen molar-refractivity contribution in [2.75, 3.05) is 55.1 Å². The number of thioether (sulfide) groups is 1. The van der Waals surface area contributed by atoms with Crippen molar-refractivity contribution < 1.29 is 52.6 Å². The molecule has 1 amide bonds. The molecule has 33 heteroatoms. The van der Waals surface area contributed by atoms with Crippen LogP contribution in [0.4, 0.5) is 23.4 Å². The van der Waals surface area contributed by atoms with Crippen LogP contribution >= 0.6 is 22.6 Å². The topological polar surface area (TPSA) is 485 Å². The number of amidine groups is 1. The molecular formula is C40H57N17O13S3. The van der Waals surface area contributed by atoms with Crippen LogP contribution in [0.15, 0.2) is 57.7 Å². The summed E-state index contributed by atoms with van der Waals surface area (Å²) in [6.07, 6.45) is 3.41. The summed E-state index contributed by atoms with van der Waals surface area (Å²) in [6, 6.07) is 8.99. The fourth-order valence-electron chi connectivity index (χ4n) is 6.93. The molecule has 1 aliphatic rings. The third kappa shape index (κ3) is 16.5. The number of rotatable bonds is 17. The number of esters is 1.